The number of benzene rings is 3. The molecule has 0 bridgehead atoms. The van der Waals surface area contributed by atoms with E-state index < -0.39 is 23.9 Å². The number of carboxylic acid groups (broad SMARTS) is 1. The number of ether oxygens (including phenoxy) is 1. The van der Waals surface area contributed by atoms with Gasteiger partial charge in [0, 0.05) is 12.0 Å². The van der Waals surface area contributed by atoms with Gasteiger partial charge in [-0.05, 0) is 46.4 Å². The molecule has 0 radical (unpaired) electrons. The van der Waals surface area contributed by atoms with Crippen LogP contribution in [0.2, 0.25) is 10.0 Å². The summed E-state index contributed by atoms with van der Waals surface area (Å²) < 4.78 is 5.52. The molecule has 3 N–H and O–H groups in total. The predicted molar refractivity (Wildman–Crippen MR) is 124 cm³/mol. The van der Waals surface area contributed by atoms with Crippen LogP contribution in [0.4, 0.5) is 0 Å². The summed E-state index contributed by atoms with van der Waals surface area (Å²) in [5, 5.41) is 10.4. The van der Waals surface area contributed by atoms with E-state index in [1.54, 1.807) is 18.2 Å². The Morgan fingerprint density at radius 3 is 2.09 bits per heavy atom. The number of esters is 1. The van der Waals surface area contributed by atoms with Crippen molar-refractivity contribution >= 4 is 35.1 Å². The van der Waals surface area contributed by atoms with Gasteiger partial charge in [0.25, 0.3) is 0 Å². The molecule has 32 heavy (non-hydrogen) atoms. The third kappa shape index (κ3) is 4.37. The van der Waals surface area contributed by atoms with E-state index in [1.807, 2.05) is 48.5 Å². The Kier molecular flexibility index (Phi) is 6.51. The van der Waals surface area contributed by atoms with Crippen molar-refractivity contribution in [2.45, 2.75) is 18.4 Å². The van der Waals surface area contributed by atoms with Crippen LogP contribution in [-0.4, -0.2) is 29.7 Å². The Morgan fingerprint density at radius 2 is 1.53 bits per heavy atom. The van der Waals surface area contributed by atoms with E-state index in [0.717, 1.165) is 22.3 Å². The molecule has 1 aliphatic carbocycles. The van der Waals surface area contributed by atoms with Crippen LogP contribution in [0.25, 0.3) is 11.1 Å². The molecular formula is C25H21Cl2NO4. The molecule has 0 saturated heterocycles. The number of carbonyl (C=O) groups excluding carboxylic acids is 1. The lowest BCUT2D eigenvalue weighted by molar-refractivity contribution is -0.159. The largest absolute Gasteiger partial charge is 0.481 e. The van der Waals surface area contributed by atoms with Gasteiger partial charge in [-0.25, -0.2) is 0 Å². The third-order valence-electron chi connectivity index (χ3n) is 5.76. The van der Waals surface area contributed by atoms with Gasteiger partial charge in [-0.1, -0.05) is 77.8 Å². The summed E-state index contributed by atoms with van der Waals surface area (Å²) in [7, 11) is 0. The van der Waals surface area contributed by atoms with Crippen LogP contribution >= 0.6 is 23.2 Å². The molecule has 2 atom stereocenters. The lowest BCUT2D eigenvalue weighted by atomic mass is 9.94. The topological polar surface area (TPSA) is 89.6 Å². The average Bonchev–Trinajstić information content (AvgIpc) is 3.08. The smallest absolute Gasteiger partial charge is 0.321 e. The Labute approximate surface area is 195 Å². The van der Waals surface area contributed by atoms with Crippen LogP contribution in [0.15, 0.2) is 66.7 Å². The van der Waals surface area contributed by atoms with Crippen LogP contribution in [0.5, 0.6) is 0 Å². The second-order valence-corrected chi connectivity index (χ2v) is 8.60. The SMILES string of the molecule is N[C@H](Cc1ccc(Cl)c(Cl)c1)[C@H](C(=O)O)C(=O)OCC1c2ccccc2-c2ccccc21. The summed E-state index contributed by atoms with van der Waals surface area (Å²) in [5.74, 6) is -3.84. The van der Waals surface area contributed by atoms with Gasteiger partial charge in [0.05, 0.1) is 10.0 Å². The number of fused-ring (bicyclic) bond motifs is 3. The van der Waals surface area contributed by atoms with Gasteiger partial charge >= 0.3 is 11.9 Å². The summed E-state index contributed by atoms with van der Waals surface area (Å²) in [6.07, 6.45) is 0.137. The number of hydrogen-bond donors (Lipinski definition) is 2. The zero-order valence-corrected chi connectivity index (χ0v) is 18.5. The zero-order valence-electron chi connectivity index (χ0n) is 17.0. The van der Waals surface area contributed by atoms with Crippen LogP contribution in [0.1, 0.15) is 22.6 Å². The summed E-state index contributed by atoms with van der Waals surface area (Å²) in [6, 6.07) is 19.8. The maximum atomic E-state index is 12.8. The fraction of sp³-hybridized carbons (Fsp3) is 0.200. The second kappa shape index (κ2) is 9.33. The summed E-state index contributed by atoms with van der Waals surface area (Å²) in [4.78, 5) is 24.6. The molecule has 164 valence electrons. The van der Waals surface area contributed by atoms with Crippen molar-refractivity contribution in [2.75, 3.05) is 6.61 Å². The molecule has 0 aromatic heterocycles. The Bertz CT molecular complexity index is 1130. The molecule has 0 amide bonds. The van der Waals surface area contributed by atoms with Crippen molar-refractivity contribution in [1.82, 2.24) is 0 Å². The van der Waals surface area contributed by atoms with E-state index in [1.165, 1.54) is 0 Å². The van der Waals surface area contributed by atoms with Gasteiger partial charge in [-0.3, -0.25) is 9.59 Å². The molecule has 3 aromatic carbocycles. The Morgan fingerprint density at radius 1 is 0.938 bits per heavy atom. The van der Waals surface area contributed by atoms with E-state index in [-0.39, 0.29) is 18.9 Å². The molecule has 0 fully saturated rings. The molecule has 1 aliphatic rings. The highest BCUT2D eigenvalue weighted by Crippen LogP contribution is 2.44. The first-order valence-corrected chi connectivity index (χ1v) is 10.9. The fourth-order valence-corrected chi connectivity index (χ4v) is 4.53. The highest BCUT2D eigenvalue weighted by molar-refractivity contribution is 6.42. The van der Waals surface area contributed by atoms with Crippen LogP contribution in [0, 0.1) is 5.92 Å². The van der Waals surface area contributed by atoms with Gasteiger partial charge in [-0.2, -0.15) is 0 Å². The summed E-state index contributed by atoms with van der Waals surface area (Å²) in [6.45, 7) is 0.0378. The molecule has 5 nitrogen and oxygen atoms in total. The lowest BCUT2D eigenvalue weighted by Crippen LogP contribution is -2.43. The number of aliphatic carboxylic acids is 1. The monoisotopic (exact) mass is 469 g/mol. The maximum Gasteiger partial charge on any atom is 0.321 e. The minimum absolute atomic E-state index is 0.0378. The van der Waals surface area contributed by atoms with Crippen molar-refractivity contribution in [3.8, 4) is 11.1 Å². The van der Waals surface area contributed by atoms with Crippen LogP contribution in [-0.2, 0) is 20.7 Å². The first kappa shape index (κ1) is 22.3. The van der Waals surface area contributed by atoms with Gasteiger partial charge in [-0.15, -0.1) is 0 Å². The van der Waals surface area contributed by atoms with Gasteiger partial charge in [0.1, 0.15) is 6.61 Å². The second-order valence-electron chi connectivity index (χ2n) is 7.79. The summed E-state index contributed by atoms with van der Waals surface area (Å²) in [5.41, 5.74) is 11.1. The molecular weight excluding hydrogens is 449 g/mol. The van der Waals surface area contributed by atoms with Crippen molar-refractivity contribution < 1.29 is 19.4 Å². The molecule has 0 unspecified atom stereocenters. The zero-order chi connectivity index (χ0) is 22.8. The number of carbonyl (C=O) groups is 2. The number of rotatable bonds is 7. The summed E-state index contributed by atoms with van der Waals surface area (Å²) >= 11 is 12.0. The van der Waals surface area contributed by atoms with Gasteiger partial charge in [0.2, 0.25) is 0 Å². The number of nitrogens with two attached hydrogens (primary N) is 1. The van der Waals surface area contributed by atoms with E-state index in [2.05, 4.69) is 0 Å². The maximum absolute atomic E-state index is 12.8. The molecule has 0 aliphatic heterocycles. The predicted octanol–water partition coefficient (Wildman–Crippen LogP) is 4.92. The Hall–Kier alpha value is -2.86. The standard InChI is InChI=1S/C25H21Cl2NO4/c26-20-10-9-14(11-21(20)27)12-22(28)23(24(29)30)25(31)32-13-19-17-7-3-1-5-15(17)16-6-2-4-8-18(16)19/h1-11,19,22-23H,12-13,28H2,(H,29,30)/t22-,23-/m1/s1. The minimum atomic E-state index is -1.50. The molecule has 3 aromatic rings. The average molecular weight is 470 g/mol. The van der Waals surface area contributed by atoms with E-state index >= 15 is 0 Å². The van der Waals surface area contributed by atoms with Crippen molar-refractivity contribution in [1.29, 1.82) is 0 Å². The Balaban J connectivity index is 1.49. The van der Waals surface area contributed by atoms with Crippen molar-refractivity contribution in [3.05, 3.63) is 93.5 Å². The fourth-order valence-electron chi connectivity index (χ4n) is 4.21. The quantitative estimate of drug-likeness (QED) is 0.378. The first-order chi connectivity index (χ1) is 15.4. The lowest BCUT2D eigenvalue weighted by Gasteiger charge is -2.21. The number of carboxylic acids is 1. The minimum Gasteiger partial charge on any atom is -0.481 e. The highest BCUT2D eigenvalue weighted by atomic mass is 35.5. The van der Waals surface area contributed by atoms with E-state index in [9.17, 15) is 14.7 Å². The third-order valence-corrected chi connectivity index (χ3v) is 6.50. The van der Waals surface area contributed by atoms with Crippen LogP contribution < -0.4 is 5.73 Å². The normalized spacial score (nSPS) is 14.3. The number of hydrogen-bond acceptors (Lipinski definition) is 4. The first-order valence-electron chi connectivity index (χ1n) is 10.1. The molecule has 0 spiro atoms. The highest BCUT2D eigenvalue weighted by Gasteiger charge is 2.36. The van der Waals surface area contributed by atoms with Crippen LogP contribution in [0.3, 0.4) is 0 Å². The molecule has 7 heteroatoms. The van der Waals surface area contributed by atoms with Crippen molar-refractivity contribution in [3.63, 3.8) is 0 Å². The number of halogens is 2. The molecule has 4 rings (SSSR count). The van der Waals surface area contributed by atoms with E-state index in [0.29, 0.717) is 15.6 Å². The van der Waals surface area contributed by atoms with E-state index in [4.69, 9.17) is 33.7 Å². The molecule has 0 heterocycles. The van der Waals surface area contributed by atoms with Gasteiger partial charge in [0.15, 0.2) is 5.92 Å². The van der Waals surface area contributed by atoms with Crippen molar-refractivity contribution in [2.24, 2.45) is 11.7 Å². The molecule has 0 saturated carbocycles. The van der Waals surface area contributed by atoms with Gasteiger partial charge < -0.3 is 15.6 Å².